The molecule has 0 aromatic heterocycles. The van der Waals surface area contributed by atoms with E-state index in [1.54, 1.807) is 7.11 Å². The van der Waals surface area contributed by atoms with Crippen LogP contribution in [0.15, 0.2) is 24.3 Å². The SMILES string of the molecule is COc1ccccc1CCNCCCNC(C)C. The maximum atomic E-state index is 5.33. The Kier molecular flexibility index (Phi) is 7.46. The van der Waals surface area contributed by atoms with E-state index in [0.29, 0.717) is 6.04 Å². The van der Waals surface area contributed by atoms with Gasteiger partial charge in [0, 0.05) is 6.04 Å². The van der Waals surface area contributed by atoms with Crippen LogP contribution >= 0.6 is 0 Å². The third-order valence-corrected chi connectivity index (χ3v) is 2.85. The summed E-state index contributed by atoms with van der Waals surface area (Å²) in [5, 5.41) is 6.88. The van der Waals surface area contributed by atoms with Crippen LogP contribution < -0.4 is 15.4 Å². The average Bonchev–Trinajstić information content (AvgIpc) is 2.37. The van der Waals surface area contributed by atoms with Crippen LogP contribution in [0.5, 0.6) is 5.75 Å². The van der Waals surface area contributed by atoms with Gasteiger partial charge in [-0.2, -0.15) is 0 Å². The van der Waals surface area contributed by atoms with E-state index in [-0.39, 0.29) is 0 Å². The molecule has 0 amide bonds. The summed E-state index contributed by atoms with van der Waals surface area (Å²) < 4.78 is 5.33. The number of nitrogens with one attached hydrogen (secondary N) is 2. The van der Waals surface area contributed by atoms with E-state index in [1.807, 2.05) is 12.1 Å². The molecule has 3 nitrogen and oxygen atoms in total. The molecule has 0 aliphatic heterocycles. The molecule has 1 aromatic carbocycles. The summed E-state index contributed by atoms with van der Waals surface area (Å²) >= 11 is 0. The molecule has 0 fully saturated rings. The molecule has 1 aromatic rings. The van der Waals surface area contributed by atoms with E-state index in [9.17, 15) is 0 Å². The van der Waals surface area contributed by atoms with Gasteiger partial charge in [0.2, 0.25) is 0 Å². The molecule has 0 aliphatic rings. The lowest BCUT2D eigenvalue weighted by molar-refractivity contribution is 0.409. The van der Waals surface area contributed by atoms with E-state index in [4.69, 9.17) is 4.74 Å². The molecule has 0 unspecified atom stereocenters. The summed E-state index contributed by atoms with van der Waals surface area (Å²) in [6, 6.07) is 8.79. The first-order chi connectivity index (χ1) is 8.74. The minimum absolute atomic E-state index is 0.582. The predicted molar refractivity (Wildman–Crippen MR) is 77.3 cm³/mol. The molecule has 0 bridgehead atoms. The second-order valence-corrected chi connectivity index (χ2v) is 4.77. The Balaban J connectivity index is 2.10. The van der Waals surface area contributed by atoms with E-state index in [1.165, 1.54) is 12.0 Å². The summed E-state index contributed by atoms with van der Waals surface area (Å²) in [4.78, 5) is 0. The first-order valence-corrected chi connectivity index (χ1v) is 6.80. The van der Waals surface area contributed by atoms with Crippen molar-refractivity contribution in [3.8, 4) is 5.75 Å². The van der Waals surface area contributed by atoms with E-state index < -0.39 is 0 Å². The van der Waals surface area contributed by atoms with Gasteiger partial charge in [-0.05, 0) is 44.1 Å². The van der Waals surface area contributed by atoms with Gasteiger partial charge < -0.3 is 15.4 Å². The molecule has 0 aliphatic carbocycles. The highest BCUT2D eigenvalue weighted by Gasteiger charge is 2.00. The fourth-order valence-electron chi connectivity index (χ4n) is 1.86. The molecule has 0 saturated carbocycles. The zero-order chi connectivity index (χ0) is 13.2. The fraction of sp³-hybridized carbons (Fsp3) is 0.600. The highest BCUT2D eigenvalue weighted by atomic mass is 16.5. The van der Waals surface area contributed by atoms with Gasteiger partial charge in [0.25, 0.3) is 0 Å². The molecular formula is C15H26N2O. The Hall–Kier alpha value is -1.06. The first-order valence-electron chi connectivity index (χ1n) is 6.80. The van der Waals surface area contributed by atoms with Gasteiger partial charge in [-0.1, -0.05) is 32.0 Å². The van der Waals surface area contributed by atoms with Crippen LogP contribution in [-0.2, 0) is 6.42 Å². The number of hydrogen-bond acceptors (Lipinski definition) is 3. The Morgan fingerprint density at radius 3 is 2.61 bits per heavy atom. The third-order valence-electron chi connectivity index (χ3n) is 2.85. The molecule has 0 heterocycles. The Bertz CT molecular complexity index is 326. The highest BCUT2D eigenvalue weighted by molar-refractivity contribution is 5.33. The molecule has 102 valence electrons. The molecule has 0 saturated heterocycles. The van der Waals surface area contributed by atoms with Gasteiger partial charge in [0.1, 0.15) is 5.75 Å². The average molecular weight is 250 g/mol. The minimum atomic E-state index is 0.582. The zero-order valence-electron chi connectivity index (χ0n) is 11.8. The molecule has 18 heavy (non-hydrogen) atoms. The lowest BCUT2D eigenvalue weighted by Gasteiger charge is -2.10. The van der Waals surface area contributed by atoms with E-state index in [0.717, 1.165) is 31.8 Å². The van der Waals surface area contributed by atoms with E-state index >= 15 is 0 Å². The zero-order valence-corrected chi connectivity index (χ0v) is 11.8. The van der Waals surface area contributed by atoms with Crippen molar-refractivity contribution < 1.29 is 4.74 Å². The number of ether oxygens (including phenoxy) is 1. The monoisotopic (exact) mass is 250 g/mol. The maximum Gasteiger partial charge on any atom is 0.122 e. The van der Waals surface area contributed by atoms with E-state index in [2.05, 4.69) is 36.6 Å². The summed E-state index contributed by atoms with van der Waals surface area (Å²) in [6.45, 7) is 7.50. The summed E-state index contributed by atoms with van der Waals surface area (Å²) in [5.74, 6) is 0.987. The van der Waals surface area contributed by atoms with Crippen molar-refractivity contribution >= 4 is 0 Å². The predicted octanol–water partition coefficient (Wildman–Crippen LogP) is 2.22. The van der Waals surface area contributed by atoms with Gasteiger partial charge in [-0.25, -0.2) is 0 Å². The summed E-state index contributed by atoms with van der Waals surface area (Å²) in [7, 11) is 1.73. The maximum absolute atomic E-state index is 5.33. The van der Waals surface area contributed by atoms with Gasteiger partial charge in [0.15, 0.2) is 0 Å². The molecule has 1 rings (SSSR count). The number of methoxy groups -OCH3 is 1. The summed E-state index contributed by atoms with van der Waals surface area (Å²) in [5.41, 5.74) is 1.27. The number of para-hydroxylation sites is 1. The van der Waals surface area contributed by atoms with Crippen molar-refractivity contribution in [3.05, 3.63) is 29.8 Å². The van der Waals surface area contributed by atoms with Gasteiger partial charge >= 0.3 is 0 Å². The van der Waals surface area contributed by atoms with Crippen LogP contribution in [0.4, 0.5) is 0 Å². The van der Waals surface area contributed by atoms with Crippen molar-refractivity contribution in [2.24, 2.45) is 0 Å². The molecule has 0 radical (unpaired) electrons. The van der Waals surface area contributed by atoms with Crippen LogP contribution in [0.25, 0.3) is 0 Å². The highest BCUT2D eigenvalue weighted by Crippen LogP contribution is 2.17. The lowest BCUT2D eigenvalue weighted by Crippen LogP contribution is -2.27. The number of hydrogen-bond donors (Lipinski definition) is 2. The third kappa shape index (κ3) is 6.03. The standard InChI is InChI=1S/C15H26N2O/c1-13(2)17-11-6-10-16-12-9-14-7-4-5-8-15(14)18-3/h4-5,7-8,13,16-17H,6,9-12H2,1-3H3. The largest absolute Gasteiger partial charge is 0.496 e. The van der Waals surface area contributed by atoms with Crippen molar-refractivity contribution in [1.82, 2.24) is 10.6 Å². The van der Waals surface area contributed by atoms with Crippen molar-refractivity contribution in [2.45, 2.75) is 32.7 Å². The number of benzene rings is 1. The van der Waals surface area contributed by atoms with Crippen LogP contribution in [0.1, 0.15) is 25.8 Å². The molecular weight excluding hydrogens is 224 g/mol. The quantitative estimate of drug-likeness (QED) is 0.659. The lowest BCUT2D eigenvalue weighted by atomic mass is 10.1. The molecule has 0 atom stereocenters. The van der Waals surface area contributed by atoms with Gasteiger partial charge in [-0.3, -0.25) is 0 Å². The van der Waals surface area contributed by atoms with Gasteiger partial charge in [0.05, 0.1) is 7.11 Å². The van der Waals surface area contributed by atoms with Crippen LogP contribution in [0.3, 0.4) is 0 Å². The van der Waals surface area contributed by atoms with Gasteiger partial charge in [-0.15, -0.1) is 0 Å². The normalized spacial score (nSPS) is 10.9. The number of rotatable bonds is 9. The second-order valence-electron chi connectivity index (χ2n) is 4.77. The van der Waals surface area contributed by atoms with Crippen LogP contribution in [0, 0.1) is 0 Å². The smallest absolute Gasteiger partial charge is 0.122 e. The topological polar surface area (TPSA) is 33.3 Å². The van der Waals surface area contributed by atoms with Crippen molar-refractivity contribution in [1.29, 1.82) is 0 Å². The van der Waals surface area contributed by atoms with Crippen LogP contribution in [-0.4, -0.2) is 32.8 Å². The fourth-order valence-corrected chi connectivity index (χ4v) is 1.86. The Labute approximate surface area is 111 Å². The molecule has 0 spiro atoms. The van der Waals surface area contributed by atoms with Crippen LogP contribution in [0.2, 0.25) is 0 Å². The first kappa shape index (κ1) is 15.0. The minimum Gasteiger partial charge on any atom is -0.496 e. The molecule has 2 N–H and O–H groups in total. The molecule has 3 heteroatoms. The van der Waals surface area contributed by atoms with Crippen molar-refractivity contribution in [2.75, 3.05) is 26.7 Å². The summed E-state index contributed by atoms with van der Waals surface area (Å²) in [6.07, 6.45) is 2.19. The Morgan fingerprint density at radius 1 is 1.11 bits per heavy atom. The Morgan fingerprint density at radius 2 is 1.89 bits per heavy atom. The second kappa shape index (κ2) is 8.95. The van der Waals surface area contributed by atoms with Crippen molar-refractivity contribution in [3.63, 3.8) is 0 Å².